The number of nitrogens with zero attached hydrogens (tertiary/aromatic N) is 1. The van der Waals surface area contributed by atoms with Gasteiger partial charge >= 0.3 is 0 Å². The fourth-order valence-electron chi connectivity index (χ4n) is 3.94. The number of anilines is 2. The Labute approximate surface area is 210 Å². The van der Waals surface area contributed by atoms with Crippen molar-refractivity contribution in [2.24, 2.45) is 0 Å². The third-order valence-corrected chi connectivity index (χ3v) is 5.92. The third kappa shape index (κ3) is 6.70. The number of amides is 3. The van der Waals surface area contributed by atoms with Gasteiger partial charge in [-0.1, -0.05) is 42.5 Å². The van der Waals surface area contributed by atoms with Crippen LogP contribution in [0.3, 0.4) is 0 Å². The summed E-state index contributed by atoms with van der Waals surface area (Å²) in [7, 11) is 0. The quantitative estimate of drug-likeness (QED) is 0.451. The number of morpholine rings is 1. The van der Waals surface area contributed by atoms with Gasteiger partial charge in [-0.2, -0.15) is 0 Å². The van der Waals surface area contributed by atoms with E-state index in [0.717, 1.165) is 5.56 Å². The molecule has 1 atom stereocenters. The summed E-state index contributed by atoms with van der Waals surface area (Å²) in [5.41, 5.74) is 3.23. The van der Waals surface area contributed by atoms with E-state index in [1.54, 1.807) is 47.4 Å². The van der Waals surface area contributed by atoms with E-state index < -0.39 is 0 Å². The summed E-state index contributed by atoms with van der Waals surface area (Å²) < 4.78 is 5.31. The van der Waals surface area contributed by atoms with Crippen LogP contribution in [0.4, 0.5) is 11.4 Å². The largest absolute Gasteiger partial charge is 0.378 e. The van der Waals surface area contributed by atoms with Crippen LogP contribution in [0.15, 0.2) is 78.9 Å². The summed E-state index contributed by atoms with van der Waals surface area (Å²) in [5, 5.41) is 8.84. The molecule has 1 fully saturated rings. The molecule has 1 aliphatic heterocycles. The Morgan fingerprint density at radius 3 is 2.28 bits per heavy atom. The van der Waals surface area contributed by atoms with Crippen LogP contribution in [-0.4, -0.2) is 55.5 Å². The summed E-state index contributed by atoms with van der Waals surface area (Å²) in [6.07, 6.45) is 0. The monoisotopic (exact) mass is 486 g/mol. The Balaban J connectivity index is 1.30. The van der Waals surface area contributed by atoms with Crippen LogP contribution in [0.1, 0.15) is 39.2 Å². The first-order chi connectivity index (χ1) is 17.5. The topological polar surface area (TPSA) is 99.8 Å². The predicted molar refractivity (Wildman–Crippen MR) is 139 cm³/mol. The second-order valence-electron chi connectivity index (χ2n) is 8.57. The van der Waals surface area contributed by atoms with Gasteiger partial charge in [0.15, 0.2) is 0 Å². The number of rotatable bonds is 8. The van der Waals surface area contributed by atoms with E-state index in [4.69, 9.17) is 4.74 Å². The van der Waals surface area contributed by atoms with E-state index >= 15 is 0 Å². The van der Waals surface area contributed by atoms with E-state index in [2.05, 4.69) is 16.0 Å². The molecule has 0 aliphatic carbocycles. The molecule has 0 radical (unpaired) electrons. The minimum absolute atomic E-state index is 0.0106. The SMILES string of the molecule is CC(NC(=O)c1cccc(NC(=O)CNc2cccc(C(=O)N3CCOCC3)c2)c1)c1ccccc1. The third-order valence-electron chi connectivity index (χ3n) is 5.92. The Morgan fingerprint density at radius 1 is 0.861 bits per heavy atom. The van der Waals surface area contributed by atoms with Gasteiger partial charge in [-0.05, 0) is 48.9 Å². The lowest BCUT2D eigenvalue weighted by atomic mass is 10.1. The van der Waals surface area contributed by atoms with Crippen molar-refractivity contribution in [3.05, 3.63) is 95.6 Å². The standard InChI is InChI=1S/C28H30N4O4/c1-20(21-7-3-2-4-8-21)30-27(34)22-9-5-12-25(17-22)31-26(33)19-29-24-11-6-10-23(18-24)28(35)32-13-15-36-16-14-32/h2-12,17-18,20,29H,13-16,19H2,1H3,(H,30,34)(H,31,33). The minimum atomic E-state index is -0.268. The molecule has 1 heterocycles. The Morgan fingerprint density at radius 2 is 1.53 bits per heavy atom. The molecule has 1 aliphatic rings. The fourth-order valence-corrected chi connectivity index (χ4v) is 3.94. The molecule has 8 nitrogen and oxygen atoms in total. The summed E-state index contributed by atoms with van der Waals surface area (Å²) in [6.45, 7) is 4.16. The van der Waals surface area contributed by atoms with Gasteiger partial charge in [-0.15, -0.1) is 0 Å². The van der Waals surface area contributed by atoms with Crippen molar-refractivity contribution in [2.45, 2.75) is 13.0 Å². The number of nitrogens with one attached hydrogen (secondary N) is 3. The Kier molecular flexibility index (Phi) is 8.31. The molecule has 8 heteroatoms. The molecule has 36 heavy (non-hydrogen) atoms. The van der Waals surface area contributed by atoms with Gasteiger partial charge in [0, 0.05) is 35.6 Å². The molecular formula is C28H30N4O4. The van der Waals surface area contributed by atoms with Gasteiger partial charge in [-0.3, -0.25) is 14.4 Å². The summed E-state index contributed by atoms with van der Waals surface area (Å²) >= 11 is 0. The molecule has 0 aromatic heterocycles. The van der Waals surface area contributed by atoms with Crippen molar-refractivity contribution in [1.29, 1.82) is 0 Å². The summed E-state index contributed by atoms with van der Waals surface area (Å²) in [5.74, 6) is -0.541. The first-order valence-corrected chi connectivity index (χ1v) is 12.0. The highest BCUT2D eigenvalue weighted by atomic mass is 16.5. The number of hydrogen-bond donors (Lipinski definition) is 3. The van der Waals surface area contributed by atoms with Gasteiger partial charge < -0.3 is 25.6 Å². The lowest BCUT2D eigenvalue weighted by molar-refractivity contribution is -0.114. The molecule has 3 aromatic carbocycles. The van der Waals surface area contributed by atoms with Crippen LogP contribution in [0.2, 0.25) is 0 Å². The van der Waals surface area contributed by atoms with E-state index in [1.807, 2.05) is 43.3 Å². The van der Waals surface area contributed by atoms with Gasteiger partial charge in [0.05, 0.1) is 25.8 Å². The molecule has 1 unspecified atom stereocenters. The Hall–Kier alpha value is -4.17. The van der Waals surface area contributed by atoms with Crippen LogP contribution in [0, 0.1) is 0 Å². The van der Waals surface area contributed by atoms with Crippen LogP contribution in [0.5, 0.6) is 0 Å². The van der Waals surface area contributed by atoms with Gasteiger partial charge in [-0.25, -0.2) is 0 Å². The van der Waals surface area contributed by atoms with E-state index in [0.29, 0.717) is 48.8 Å². The van der Waals surface area contributed by atoms with Crippen molar-refractivity contribution in [3.63, 3.8) is 0 Å². The second kappa shape index (κ2) is 12.0. The van der Waals surface area contributed by atoms with Crippen LogP contribution in [-0.2, 0) is 9.53 Å². The zero-order chi connectivity index (χ0) is 25.3. The zero-order valence-corrected chi connectivity index (χ0v) is 20.2. The molecule has 0 saturated carbocycles. The van der Waals surface area contributed by atoms with Crippen molar-refractivity contribution < 1.29 is 19.1 Å². The fraction of sp³-hybridized carbons (Fsp3) is 0.250. The molecule has 0 spiro atoms. The van der Waals surface area contributed by atoms with Crippen molar-refractivity contribution in [3.8, 4) is 0 Å². The molecule has 4 rings (SSSR count). The maximum Gasteiger partial charge on any atom is 0.254 e. The molecule has 3 amide bonds. The van der Waals surface area contributed by atoms with E-state index in [-0.39, 0.29) is 30.3 Å². The van der Waals surface area contributed by atoms with Crippen molar-refractivity contribution >= 4 is 29.1 Å². The number of carbonyl (C=O) groups excluding carboxylic acids is 3. The summed E-state index contributed by atoms with van der Waals surface area (Å²) in [4.78, 5) is 39.7. The lowest BCUT2D eigenvalue weighted by Gasteiger charge is -2.27. The number of hydrogen-bond acceptors (Lipinski definition) is 5. The van der Waals surface area contributed by atoms with Gasteiger partial charge in [0.2, 0.25) is 5.91 Å². The van der Waals surface area contributed by atoms with Crippen LogP contribution >= 0.6 is 0 Å². The zero-order valence-electron chi connectivity index (χ0n) is 20.2. The van der Waals surface area contributed by atoms with Gasteiger partial charge in [0.1, 0.15) is 0 Å². The maximum atomic E-state index is 12.7. The normalized spacial score (nSPS) is 14.0. The number of ether oxygens (including phenoxy) is 1. The second-order valence-corrected chi connectivity index (χ2v) is 8.57. The molecule has 0 bridgehead atoms. The predicted octanol–water partition coefficient (Wildman–Crippen LogP) is 3.70. The summed E-state index contributed by atoms with van der Waals surface area (Å²) in [6, 6.07) is 23.5. The highest BCUT2D eigenvalue weighted by Gasteiger charge is 2.18. The highest BCUT2D eigenvalue weighted by molar-refractivity contribution is 5.98. The van der Waals surface area contributed by atoms with E-state index in [9.17, 15) is 14.4 Å². The van der Waals surface area contributed by atoms with Crippen molar-refractivity contribution in [2.75, 3.05) is 43.5 Å². The average molecular weight is 487 g/mol. The van der Waals surface area contributed by atoms with Crippen LogP contribution < -0.4 is 16.0 Å². The lowest BCUT2D eigenvalue weighted by Crippen LogP contribution is -2.40. The highest BCUT2D eigenvalue weighted by Crippen LogP contribution is 2.16. The number of carbonyl (C=O) groups is 3. The first kappa shape index (κ1) is 24.9. The average Bonchev–Trinajstić information content (AvgIpc) is 2.92. The molecular weight excluding hydrogens is 456 g/mol. The minimum Gasteiger partial charge on any atom is -0.378 e. The van der Waals surface area contributed by atoms with Crippen molar-refractivity contribution in [1.82, 2.24) is 10.2 Å². The van der Waals surface area contributed by atoms with Gasteiger partial charge in [0.25, 0.3) is 11.8 Å². The number of benzene rings is 3. The molecule has 1 saturated heterocycles. The Bertz CT molecular complexity index is 1210. The molecule has 3 aromatic rings. The maximum absolute atomic E-state index is 12.7. The molecule has 3 N–H and O–H groups in total. The first-order valence-electron chi connectivity index (χ1n) is 12.0. The molecule has 186 valence electrons. The smallest absolute Gasteiger partial charge is 0.254 e. The van der Waals surface area contributed by atoms with Crippen LogP contribution in [0.25, 0.3) is 0 Å². The van der Waals surface area contributed by atoms with E-state index in [1.165, 1.54) is 0 Å².